The third-order valence-electron chi connectivity index (χ3n) is 1.90. The second kappa shape index (κ2) is 5.98. The van der Waals surface area contributed by atoms with Crippen molar-refractivity contribution in [2.24, 2.45) is 0 Å². The Kier molecular flexibility index (Phi) is 4.84. The molecule has 70 valence electrons. The van der Waals surface area contributed by atoms with E-state index in [0.29, 0.717) is 0 Å². The van der Waals surface area contributed by atoms with Crippen LogP contribution in [0.15, 0.2) is 30.3 Å². The average Bonchev–Trinajstić information content (AvgIpc) is 2.19. The number of unbranched alkanes of at least 4 members (excludes halogenated alkanes) is 1. The lowest BCUT2D eigenvalue weighted by Crippen LogP contribution is -1.77. The molecule has 0 aliphatic carbocycles. The molecule has 0 aliphatic heterocycles. The third-order valence-corrected chi connectivity index (χ3v) is 2.55. The largest absolute Gasteiger partial charge is 0.0876 e. The molecule has 0 N–H and O–H groups in total. The van der Waals surface area contributed by atoms with Crippen molar-refractivity contribution < 1.29 is 0 Å². The fraction of sp³-hybridized carbons (Fsp3) is 0.333. The van der Waals surface area contributed by atoms with E-state index in [9.17, 15) is 0 Å². The lowest BCUT2D eigenvalue weighted by atomic mass is 10.1. The monoisotopic (exact) mass is 238 g/mol. The lowest BCUT2D eigenvalue weighted by Gasteiger charge is -1.96. The van der Waals surface area contributed by atoms with Crippen LogP contribution in [0.5, 0.6) is 0 Å². The molecule has 1 heteroatoms. The minimum Gasteiger partial charge on any atom is -0.0876 e. The van der Waals surface area contributed by atoms with E-state index in [1.807, 2.05) is 0 Å². The Balaban J connectivity index is 2.58. The fourth-order valence-electron chi connectivity index (χ4n) is 1.10. The first-order chi connectivity index (χ1) is 6.36. The molecule has 0 saturated heterocycles. The quantitative estimate of drug-likeness (QED) is 0.683. The molecule has 0 aromatic heterocycles. The maximum atomic E-state index is 3.43. The van der Waals surface area contributed by atoms with Crippen LogP contribution < -0.4 is 0 Å². The lowest BCUT2D eigenvalue weighted by molar-refractivity contribution is 0.962. The molecule has 0 fully saturated rings. The van der Waals surface area contributed by atoms with Gasteiger partial charge in [0.15, 0.2) is 0 Å². The van der Waals surface area contributed by atoms with Gasteiger partial charge in [0.2, 0.25) is 0 Å². The van der Waals surface area contributed by atoms with Crippen molar-refractivity contribution in [1.29, 1.82) is 0 Å². The highest BCUT2D eigenvalue weighted by Crippen LogP contribution is 2.09. The third kappa shape index (κ3) is 3.77. The smallest absolute Gasteiger partial charge is 0.0283 e. The number of hydrogen-bond donors (Lipinski definition) is 0. The SMILES string of the molecule is CCCC=Cc1ccc(CBr)cc1. The van der Waals surface area contributed by atoms with Crippen molar-refractivity contribution in [3.63, 3.8) is 0 Å². The van der Waals surface area contributed by atoms with Crippen molar-refractivity contribution in [2.75, 3.05) is 0 Å². The predicted octanol–water partition coefficient (Wildman–Crippen LogP) is 4.39. The summed E-state index contributed by atoms with van der Waals surface area (Å²) < 4.78 is 0. The van der Waals surface area contributed by atoms with E-state index in [-0.39, 0.29) is 0 Å². The molecule has 0 radical (unpaired) electrons. The molecule has 0 atom stereocenters. The maximum Gasteiger partial charge on any atom is 0.0283 e. The number of alkyl halides is 1. The van der Waals surface area contributed by atoms with Gasteiger partial charge in [0, 0.05) is 5.33 Å². The maximum absolute atomic E-state index is 3.43. The zero-order valence-electron chi connectivity index (χ0n) is 7.96. The van der Waals surface area contributed by atoms with Gasteiger partial charge in [0.05, 0.1) is 0 Å². The molecule has 1 aromatic carbocycles. The van der Waals surface area contributed by atoms with Crippen LogP contribution in [0.25, 0.3) is 6.08 Å². The fourth-order valence-corrected chi connectivity index (χ4v) is 1.48. The highest BCUT2D eigenvalue weighted by Gasteiger charge is 1.88. The van der Waals surface area contributed by atoms with Gasteiger partial charge in [-0.05, 0) is 17.5 Å². The van der Waals surface area contributed by atoms with Crippen LogP contribution >= 0.6 is 15.9 Å². The molecule has 0 amide bonds. The summed E-state index contributed by atoms with van der Waals surface area (Å²) in [4.78, 5) is 0. The Labute approximate surface area is 88.8 Å². The van der Waals surface area contributed by atoms with E-state index in [4.69, 9.17) is 0 Å². The minimum atomic E-state index is 0.936. The molecule has 1 rings (SSSR count). The van der Waals surface area contributed by atoms with E-state index in [0.717, 1.165) is 5.33 Å². The molecule has 1 aromatic rings. The topological polar surface area (TPSA) is 0 Å². The van der Waals surface area contributed by atoms with Crippen LogP contribution in [0.3, 0.4) is 0 Å². The Morgan fingerprint density at radius 2 is 1.92 bits per heavy atom. The van der Waals surface area contributed by atoms with Gasteiger partial charge in [0.25, 0.3) is 0 Å². The highest BCUT2D eigenvalue weighted by molar-refractivity contribution is 9.08. The van der Waals surface area contributed by atoms with Crippen LogP contribution in [0.4, 0.5) is 0 Å². The van der Waals surface area contributed by atoms with Gasteiger partial charge in [-0.15, -0.1) is 0 Å². The van der Waals surface area contributed by atoms with E-state index >= 15 is 0 Å². The van der Waals surface area contributed by atoms with Crippen LogP contribution in [0, 0.1) is 0 Å². The molecule has 13 heavy (non-hydrogen) atoms. The van der Waals surface area contributed by atoms with E-state index in [2.05, 4.69) is 59.3 Å². The van der Waals surface area contributed by atoms with Gasteiger partial charge < -0.3 is 0 Å². The highest BCUT2D eigenvalue weighted by atomic mass is 79.9. The molecule has 0 bridgehead atoms. The molecule has 0 saturated carbocycles. The van der Waals surface area contributed by atoms with Gasteiger partial charge in [0.1, 0.15) is 0 Å². The van der Waals surface area contributed by atoms with Crippen LogP contribution in [0.1, 0.15) is 30.9 Å². The Morgan fingerprint density at radius 3 is 2.46 bits per heavy atom. The first-order valence-corrected chi connectivity index (χ1v) is 5.80. The Morgan fingerprint density at radius 1 is 1.23 bits per heavy atom. The molecule has 0 unspecified atom stereocenters. The number of hydrogen-bond acceptors (Lipinski definition) is 0. The minimum absolute atomic E-state index is 0.936. The van der Waals surface area contributed by atoms with Crippen molar-refractivity contribution in [3.05, 3.63) is 41.5 Å². The van der Waals surface area contributed by atoms with Crippen molar-refractivity contribution >= 4 is 22.0 Å². The van der Waals surface area contributed by atoms with Gasteiger partial charge in [-0.25, -0.2) is 0 Å². The Bertz CT molecular complexity index is 259. The molecule has 0 spiro atoms. The summed E-state index contributed by atoms with van der Waals surface area (Å²) >= 11 is 3.43. The normalized spacial score (nSPS) is 10.9. The van der Waals surface area contributed by atoms with Gasteiger partial charge >= 0.3 is 0 Å². The predicted molar refractivity (Wildman–Crippen MR) is 63.0 cm³/mol. The first kappa shape index (κ1) is 10.5. The molecular formula is C12H15Br. The zero-order valence-corrected chi connectivity index (χ0v) is 9.55. The number of halogens is 1. The summed E-state index contributed by atoms with van der Waals surface area (Å²) in [5.74, 6) is 0. The van der Waals surface area contributed by atoms with Crippen LogP contribution in [0.2, 0.25) is 0 Å². The number of rotatable bonds is 4. The second-order valence-electron chi connectivity index (χ2n) is 3.07. The standard InChI is InChI=1S/C12H15Br/c1-2-3-4-5-11-6-8-12(10-13)9-7-11/h4-9H,2-3,10H2,1H3. The van der Waals surface area contributed by atoms with Gasteiger partial charge in [-0.3, -0.25) is 0 Å². The molecule has 0 nitrogen and oxygen atoms in total. The second-order valence-corrected chi connectivity index (χ2v) is 3.63. The summed E-state index contributed by atoms with van der Waals surface area (Å²) in [6, 6.07) is 8.62. The van der Waals surface area contributed by atoms with E-state index in [1.54, 1.807) is 0 Å². The van der Waals surface area contributed by atoms with E-state index in [1.165, 1.54) is 24.0 Å². The summed E-state index contributed by atoms with van der Waals surface area (Å²) in [6.07, 6.45) is 6.79. The van der Waals surface area contributed by atoms with Crippen molar-refractivity contribution in [1.82, 2.24) is 0 Å². The van der Waals surface area contributed by atoms with Crippen molar-refractivity contribution in [3.8, 4) is 0 Å². The van der Waals surface area contributed by atoms with Crippen LogP contribution in [-0.2, 0) is 5.33 Å². The van der Waals surface area contributed by atoms with E-state index < -0.39 is 0 Å². The van der Waals surface area contributed by atoms with Gasteiger partial charge in [-0.2, -0.15) is 0 Å². The number of allylic oxidation sites excluding steroid dienone is 1. The molecule has 0 aliphatic rings. The summed E-state index contributed by atoms with van der Waals surface area (Å²) in [5, 5.41) is 0.936. The zero-order chi connectivity index (χ0) is 9.52. The summed E-state index contributed by atoms with van der Waals surface area (Å²) in [5.41, 5.74) is 2.62. The molecule has 0 heterocycles. The van der Waals surface area contributed by atoms with Crippen molar-refractivity contribution in [2.45, 2.75) is 25.1 Å². The first-order valence-electron chi connectivity index (χ1n) is 4.68. The summed E-state index contributed by atoms with van der Waals surface area (Å²) in [7, 11) is 0. The average molecular weight is 239 g/mol. The summed E-state index contributed by atoms with van der Waals surface area (Å²) in [6.45, 7) is 2.19. The Hall–Kier alpha value is -0.560. The van der Waals surface area contributed by atoms with Crippen LogP contribution in [-0.4, -0.2) is 0 Å². The van der Waals surface area contributed by atoms with Gasteiger partial charge in [-0.1, -0.05) is 65.7 Å². The molecular weight excluding hydrogens is 224 g/mol. The number of benzene rings is 1.